The Morgan fingerprint density at radius 1 is 1.28 bits per heavy atom. The average molecular weight is 510 g/mol. The Labute approximate surface area is 199 Å². The van der Waals surface area contributed by atoms with Crippen LogP contribution in [0.25, 0.3) is 6.08 Å². The minimum atomic E-state index is -0.569. The van der Waals surface area contributed by atoms with Crippen molar-refractivity contribution >= 4 is 44.3 Å². The van der Waals surface area contributed by atoms with E-state index in [1.165, 1.54) is 17.4 Å². The highest BCUT2D eigenvalue weighted by atomic mass is 79.9. The first kappa shape index (κ1) is 23.4. The van der Waals surface area contributed by atoms with Crippen molar-refractivity contribution in [1.29, 1.82) is 10.5 Å². The molecule has 0 saturated carbocycles. The Bertz CT molecular complexity index is 1200. The van der Waals surface area contributed by atoms with Crippen LogP contribution >= 0.6 is 27.3 Å². The van der Waals surface area contributed by atoms with Crippen LogP contribution in [0.15, 0.2) is 22.2 Å². The number of aryl methyl sites for hydroxylation is 1. The second-order valence-electron chi connectivity index (χ2n) is 6.90. The van der Waals surface area contributed by atoms with Gasteiger partial charge >= 0.3 is 0 Å². The number of terminal acetylenes is 1. The van der Waals surface area contributed by atoms with Gasteiger partial charge in [0.1, 0.15) is 29.3 Å². The third kappa shape index (κ3) is 5.14. The molecule has 0 radical (unpaired) electrons. The Morgan fingerprint density at radius 2 is 2.03 bits per heavy atom. The smallest absolute Gasteiger partial charge is 0.266 e. The predicted octanol–water partition coefficient (Wildman–Crippen LogP) is 5.22. The van der Waals surface area contributed by atoms with Gasteiger partial charge in [-0.1, -0.05) is 21.9 Å². The number of halogens is 1. The van der Waals surface area contributed by atoms with Gasteiger partial charge in [-0.2, -0.15) is 10.5 Å². The van der Waals surface area contributed by atoms with Gasteiger partial charge in [-0.25, -0.2) is 0 Å². The van der Waals surface area contributed by atoms with Crippen LogP contribution in [0.1, 0.15) is 41.3 Å². The first-order chi connectivity index (χ1) is 15.5. The molecule has 0 spiro atoms. The van der Waals surface area contributed by atoms with Crippen LogP contribution in [0.2, 0.25) is 0 Å². The molecular formula is C24H20BrN3O3S. The molecule has 0 unspecified atom stereocenters. The molecule has 1 aromatic heterocycles. The molecule has 1 aliphatic rings. The van der Waals surface area contributed by atoms with Crippen LogP contribution in [0.5, 0.6) is 11.5 Å². The summed E-state index contributed by atoms with van der Waals surface area (Å²) >= 11 is 4.86. The van der Waals surface area contributed by atoms with E-state index in [-0.39, 0.29) is 12.2 Å². The van der Waals surface area contributed by atoms with E-state index in [2.05, 4.69) is 33.2 Å². The summed E-state index contributed by atoms with van der Waals surface area (Å²) in [5.74, 6) is 2.74. The largest absolute Gasteiger partial charge is 0.490 e. The lowest BCUT2D eigenvalue weighted by molar-refractivity contribution is -0.112. The molecule has 8 heteroatoms. The number of hydrogen-bond acceptors (Lipinski definition) is 6. The third-order valence-electron chi connectivity index (χ3n) is 4.85. The zero-order valence-corrected chi connectivity index (χ0v) is 19.9. The molecule has 1 N–H and O–H groups in total. The van der Waals surface area contributed by atoms with E-state index in [1.807, 2.05) is 13.0 Å². The molecule has 1 amide bonds. The van der Waals surface area contributed by atoms with E-state index in [0.717, 1.165) is 36.1 Å². The fourth-order valence-corrected chi connectivity index (χ4v) is 5.08. The van der Waals surface area contributed by atoms with Gasteiger partial charge in [0.05, 0.1) is 12.2 Å². The molecule has 162 valence electrons. The number of fused-ring (bicyclic) bond motifs is 1. The van der Waals surface area contributed by atoms with Gasteiger partial charge in [-0.05, 0) is 61.9 Å². The summed E-state index contributed by atoms with van der Waals surface area (Å²) in [4.78, 5) is 14.0. The predicted molar refractivity (Wildman–Crippen MR) is 128 cm³/mol. The van der Waals surface area contributed by atoms with Crippen LogP contribution in [-0.4, -0.2) is 19.1 Å². The number of benzene rings is 1. The lowest BCUT2D eigenvalue weighted by Gasteiger charge is -2.13. The summed E-state index contributed by atoms with van der Waals surface area (Å²) < 4.78 is 11.7. The second kappa shape index (κ2) is 10.9. The summed E-state index contributed by atoms with van der Waals surface area (Å²) in [5.41, 5.74) is 2.00. The monoisotopic (exact) mass is 509 g/mol. The van der Waals surface area contributed by atoms with E-state index in [1.54, 1.807) is 12.1 Å². The Hall–Kier alpha value is -3.25. The summed E-state index contributed by atoms with van der Waals surface area (Å²) in [6.45, 7) is 2.33. The number of thiophene rings is 1. The van der Waals surface area contributed by atoms with Crippen molar-refractivity contribution in [2.24, 2.45) is 0 Å². The number of nitrogens with zero attached hydrogens (tertiary/aromatic N) is 2. The fraction of sp³-hybridized carbons (Fsp3) is 0.292. The molecule has 1 heterocycles. The van der Waals surface area contributed by atoms with E-state index < -0.39 is 5.91 Å². The first-order valence-electron chi connectivity index (χ1n) is 10.0. The van der Waals surface area contributed by atoms with Gasteiger partial charge in [0.15, 0.2) is 11.5 Å². The van der Waals surface area contributed by atoms with Crippen molar-refractivity contribution in [3.63, 3.8) is 0 Å². The lowest BCUT2D eigenvalue weighted by atomic mass is 9.96. The van der Waals surface area contributed by atoms with Crippen LogP contribution in [0.4, 0.5) is 5.00 Å². The second-order valence-corrected chi connectivity index (χ2v) is 8.86. The summed E-state index contributed by atoms with van der Waals surface area (Å²) in [6.07, 6.45) is 10.6. The zero-order chi connectivity index (χ0) is 23.1. The summed E-state index contributed by atoms with van der Waals surface area (Å²) in [5, 5.41) is 22.5. The van der Waals surface area contributed by atoms with Crippen molar-refractivity contribution < 1.29 is 14.3 Å². The van der Waals surface area contributed by atoms with Crippen LogP contribution in [0, 0.1) is 35.0 Å². The molecule has 1 aliphatic carbocycles. The van der Waals surface area contributed by atoms with E-state index in [0.29, 0.717) is 38.7 Å². The number of anilines is 1. The molecule has 3 rings (SSSR count). The van der Waals surface area contributed by atoms with Gasteiger partial charge in [0.2, 0.25) is 0 Å². The van der Waals surface area contributed by atoms with Crippen LogP contribution < -0.4 is 14.8 Å². The number of nitriles is 2. The maximum absolute atomic E-state index is 12.9. The van der Waals surface area contributed by atoms with Gasteiger partial charge in [-0.3, -0.25) is 4.79 Å². The van der Waals surface area contributed by atoms with E-state index >= 15 is 0 Å². The molecule has 32 heavy (non-hydrogen) atoms. The lowest BCUT2D eigenvalue weighted by Crippen LogP contribution is -2.13. The average Bonchev–Trinajstić information content (AvgIpc) is 3.14. The third-order valence-corrected chi connectivity index (χ3v) is 6.74. The summed E-state index contributed by atoms with van der Waals surface area (Å²) in [7, 11) is 0. The fourth-order valence-electron chi connectivity index (χ4n) is 3.41. The molecular weight excluding hydrogens is 490 g/mol. The quantitative estimate of drug-likeness (QED) is 0.313. The molecule has 0 saturated heterocycles. The molecule has 0 fully saturated rings. The number of carbonyl (C=O) groups excluding carboxylic acids is 1. The number of hydrogen-bond donors (Lipinski definition) is 1. The zero-order valence-electron chi connectivity index (χ0n) is 17.5. The highest BCUT2D eigenvalue weighted by Gasteiger charge is 2.23. The Kier molecular flexibility index (Phi) is 7.95. The first-order valence-corrected chi connectivity index (χ1v) is 11.6. The highest BCUT2D eigenvalue weighted by molar-refractivity contribution is 9.10. The maximum Gasteiger partial charge on any atom is 0.266 e. The minimum absolute atomic E-state index is 0.0829. The minimum Gasteiger partial charge on any atom is -0.490 e. The molecule has 6 nitrogen and oxygen atoms in total. The summed E-state index contributed by atoms with van der Waals surface area (Å²) in [6, 6.07) is 7.52. The van der Waals surface area contributed by atoms with Crippen molar-refractivity contribution in [3.05, 3.63) is 43.7 Å². The van der Waals surface area contributed by atoms with Gasteiger partial charge in [0.25, 0.3) is 5.91 Å². The van der Waals surface area contributed by atoms with Gasteiger partial charge in [-0.15, -0.1) is 17.8 Å². The molecule has 2 aromatic rings. The molecule has 1 aromatic carbocycles. The maximum atomic E-state index is 12.9. The van der Waals surface area contributed by atoms with E-state index in [4.69, 9.17) is 15.9 Å². The van der Waals surface area contributed by atoms with Gasteiger partial charge in [0, 0.05) is 9.35 Å². The number of rotatable bonds is 7. The Balaban J connectivity index is 1.91. The van der Waals surface area contributed by atoms with Gasteiger partial charge < -0.3 is 14.8 Å². The normalized spacial score (nSPS) is 12.7. The van der Waals surface area contributed by atoms with Crippen LogP contribution in [0.3, 0.4) is 0 Å². The number of ether oxygens (including phenoxy) is 2. The molecule has 0 bridgehead atoms. The van der Waals surface area contributed by atoms with Crippen molar-refractivity contribution in [3.8, 4) is 36.0 Å². The number of nitrogens with one attached hydrogen (secondary N) is 1. The van der Waals surface area contributed by atoms with E-state index in [9.17, 15) is 15.3 Å². The van der Waals surface area contributed by atoms with Crippen molar-refractivity contribution in [2.45, 2.75) is 32.6 Å². The standard InChI is InChI=1S/C24H20BrN3O3S/c1-3-9-31-21-12-19(25)15(11-20(21)30-4-2)10-16(13-26)23(29)28-24-18(14-27)17-7-5-6-8-22(17)32-24/h1,10-12H,4-9H2,2H3,(H,28,29)/b16-10+. The van der Waals surface area contributed by atoms with Crippen molar-refractivity contribution in [1.82, 2.24) is 0 Å². The van der Waals surface area contributed by atoms with Crippen molar-refractivity contribution in [2.75, 3.05) is 18.5 Å². The number of amides is 1. The SMILES string of the molecule is C#CCOc1cc(Br)c(/C=C(\C#N)C(=O)Nc2sc3c(c2C#N)CCCC3)cc1OCC. The molecule has 0 aliphatic heterocycles. The van der Waals surface area contributed by atoms with Crippen LogP contribution in [-0.2, 0) is 17.6 Å². The topological polar surface area (TPSA) is 95.1 Å². The highest BCUT2D eigenvalue weighted by Crippen LogP contribution is 2.38. The number of carbonyl (C=O) groups is 1. The molecule has 0 atom stereocenters. The Morgan fingerprint density at radius 3 is 2.72 bits per heavy atom.